The highest BCUT2D eigenvalue weighted by molar-refractivity contribution is 7.47. The molecule has 552 valence electrons. The Hall–Kier alpha value is -1.94. The zero-order chi connectivity index (χ0) is 68.6. The van der Waals surface area contributed by atoms with Gasteiger partial charge >= 0.3 is 39.5 Å². The molecule has 17 nitrogen and oxygen atoms in total. The first-order chi connectivity index (χ1) is 44.9. The van der Waals surface area contributed by atoms with Crippen molar-refractivity contribution in [1.29, 1.82) is 0 Å². The molecule has 0 rings (SSSR count). The van der Waals surface area contributed by atoms with Gasteiger partial charge in [0.05, 0.1) is 26.4 Å². The molecule has 0 aromatic rings. The molecule has 19 heteroatoms. The van der Waals surface area contributed by atoms with Gasteiger partial charge in [0.1, 0.15) is 19.3 Å². The highest BCUT2D eigenvalue weighted by Gasteiger charge is 2.30. The number of carbonyl (C=O) groups excluding carboxylic acids is 4. The molecule has 0 aliphatic carbocycles. The van der Waals surface area contributed by atoms with Gasteiger partial charge in [-0.2, -0.15) is 0 Å². The van der Waals surface area contributed by atoms with Crippen LogP contribution >= 0.6 is 15.6 Å². The predicted octanol–water partition coefficient (Wildman–Crippen LogP) is 21.6. The van der Waals surface area contributed by atoms with E-state index in [-0.39, 0.29) is 25.7 Å². The first kappa shape index (κ1) is 91.1. The number of hydrogen-bond donors (Lipinski definition) is 3. The van der Waals surface area contributed by atoms with Crippen molar-refractivity contribution < 1.29 is 80.2 Å². The van der Waals surface area contributed by atoms with Crippen LogP contribution in [0.3, 0.4) is 0 Å². The number of esters is 4. The molecular weight excluding hydrogens is 1220 g/mol. The van der Waals surface area contributed by atoms with Crippen LogP contribution in [-0.4, -0.2) is 96.7 Å². The van der Waals surface area contributed by atoms with Crippen LogP contribution in [-0.2, 0) is 65.4 Å². The summed E-state index contributed by atoms with van der Waals surface area (Å²) in [6.45, 7) is 9.56. The largest absolute Gasteiger partial charge is 0.472 e. The zero-order valence-corrected chi connectivity index (χ0v) is 62.3. The standard InChI is InChI=1S/C74H144O17P2/c1-7-10-12-14-16-18-20-22-26-30-33-37-44-50-56-71(76)84-62-69(90-74(79)59-53-47-39-35-31-27-24-23-25-28-32-36-43-49-55-67(6)9-3)64-88-92(80,81)86-60-68(75)61-87-93(82,83)89-65-70(63-85-72(77)57-51-45-41-40-42-48-54-66(4)5)91-73(78)58-52-46-38-34-29-21-19-17-15-13-11-8-2/h66-70,75H,7-65H2,1-6H3,(H,80,81)(H,82,83)/t67?,68-,69-,70-/m1/s1. The minimum absolute atomic E-state index is 0.106. The van der Waals surface area contributed by atoms with Crippen molar-refractivity contribution in [2.24, 2.45) is 11.8 Å². The number of ether oxygens (including phenoxy) is 4. The highest BCUT2D eigenvalue weighted by atomic mass is 31.2. The molecule has 0 saturated carbocycles. The van der Waals surface area contributed by atoms with Crippen LogP contribution in [0.2, 0.25) is 0 Å². The van der Waals surface area contributed by atoms with Gasteiger partial charge in [0.15, 0.2) is 12.2 Å². The van der Waals surface area contributed by atoms with Crippen LogP contribution in [0.4, 0.5) is 0 Å². The molecule has 3 unspecified atom stereocenters. The van der Waals surface area contributed by atoms with Crippen molar-refractivity contribution in [2.45, 2.75) is 400 Å². The minimum atomic E-state index is -4.96. The van der Waals surface area contributed by atoms with Crippen molar-refractivity contribution in [1.82, 2.24) is 0 Å². The van der Waals surface area contributed by atoms with Crippen LogP contribution in [0.5, 0.6) is 0 Å². The van der Waals surface area contributed by atoms with Crippen LogP contribution in [0, 0.1) is 11.8 Å². The summed E-state index contributed by atoms with van der Waals surface area (Å²) < 4.78 is 68.4. The number of unbranched alkanes of at least 4 members (excludes halogenated alkanes) is 42. The van der Waals surface area contributed by atoms with Crippen LogP contribution in [0.1, 0.15) is 382 Å². The minimum Gasteiger partial charge on any atom is -0.462 e. The van der Waals surface area contributed by atoms with Gasteiger partial charge in [0.25, 0.3) is 0 Å². The maximum Gasteiger partial charge on any atom is 0.472 e. The second-order valence-corrected chi connectivity index (χ2v) is 30.3. The molecular formula is C74H144O17P2. The SMILES string of the molecule is CCCCCCCCCCCCCCCCC(=O)OC[C@H](COP(=O)(O)OC[C@@H](O)COP(=O)(O)OC[C@@H](COC(=O)CCCCCCCCC(C)C)OC(=O)CCCCCCCCCCCCCC)OC(=O)CCCCCCCCCCCCCCCCC(C)CC. The van der Waals surface area contributed by atoms with E-state index in [0.29, 0.717) is 31.6 Å². The van der Waals surface area contributed by atoms with Crippen molar-refractivity contribution in [2.75, 3.05) is 39.6 Å². The molecule has 6 atom stereocenters. The smallest absolute Gasteiger partial charge is 0.462 e. The number of phosphoric acid groups is 2. The van der Waals surface area contributed by atoms with E-state index in [1.165, 1.54) is 193 Å². The first-order valence-corrected chi connectivity index (χ1v) is 41.5. The van der Waals surface area contributed by atoms with E-state index in [2.05, 4.69) is 41.5 Å². The molecule has 0 amide bonds. The molecule has 0 fully saturated rings. The molecule has 0 aliphatic rings. The fourth-order valence-corrected chi connectivity index (χ4v) is 12.8. The van der Waals surface area contributed by atoms with Crippen molar-refractivity contribution in [3.63, 3.8) is 0 Å². The van der Waals surface area contributed by atoms with Crippen molar-refractivity contribution in [3.05, 3.63) is 0 Å². The van der Waals surface area contributed by atoms with Gasteiger partial charge in [-0.15, -0.1) is 0 Å². The molecule has 93 heavy (non-hydrogen) atoms. The lowest BCUT2D eigenvalue weighted by Crippen LogP contribution is -2.30. The van der Waals surface area contributed by atoms with Crippen LogP contribution < -0.4 is 0 Å². The number of phosphoric ester groups is 2. The number of carbonyl (C=O) groups is 4. The Morgan fingerprint density at radius 1 is 0.312 bits per heavy atom. The van der Waals surface area contributed by atoms with Gasteiger partial charge in [-0.25, -0.2) is 9.13 Å². The quantitative estimate of drug-likeness (QED) is 0.0222. The van der Waals surface area contributed by atoms with Crippen molar-refractivity contribution in [3.8, 4) is 0 Å². The summed E-state index contributed by atoms with van der Waals surface area (Å²) in [6.07, 6.45) is 52.7. The lowest BCUT2D eigenvalue weighted by atomic mass is 9.99. The third kappa shape index (κ3) is 67.0. The molecule has 0 heterocycles. The second kappa shape index (κ2) is 66.0. The molecule has 0 saturated heterocycles. The van der Waals surface area contributed by atoms with Crippen molar-refractivity contribution >= 4 is 39.5 Å². The Labute approximate surface area is 568 Å². The van der Waals surface area contributed by atoms with E-state index in [9.17, 15) is 43.2 Å². The normalized spacial score (nSPS) is 14.3. The molecule has 0 bridgehead atoms. The summed E-state index contributed by atoms with van der Waals surface area (Å²) in [5.74, 6) is -0.593. The van der Waals surface area contributed by atoms with E-state index < -0.39 is 97.5 Å². The second-order valence-electron chi connectivity index (χ2n) is 27.4. The molecule has 0 radical (unpaired) electrons. The van der Waals surface area contributed by atoms with E-state index in [4.69, 9.17) is 37.0 Å². The fourth-order valence-electron chi connectivity index (χ4n) is 11.3. The topological polar surface area (TPSA) is 237 Å². The third-order valence-electron chi connectivity index (χ3n) is 17.6. The van der Waals surface area contributed by atoms with E-state index in [1.807, 2.05) is 0 Å². The Balaban J connectivity index is 5.23. The van der Waals surface area contributed by atoms with E-state index in [1.54, 1.807) is 0 Å². The van der Waals surface area contributed by atoms with Gasteiger partial charge in [-0.3, -0.25) is 37.3 Å². The Morgan fingerprint density at radius 3 is 0.817 bits per heavy atom. The Kier molecular flexibility index (Phi) is 64.6. The summed E-state index contributed by atoms with van der Waals surface area (Å²) >= 11 is 0. The summed E-state index contributed by atoms with van der Waals surface area (Å²) in [7, 11) is -9.91. The maximum atomic E-state index is 13.1. The van der Waals surface area contributed by atoms with Crippen LogP contribution in [0.15, 0.2) is 0 Å². The van der Waals surface area contributed by atoms with Gasteiger partial charge in [0, 0.05) is 25.7 Å². The van der Waals surface area contributed by atoms with Crippen LogP contribution in [0.25, 0.3) is 0 Å². The molecule has 3 N–H and O–H groups in total. The molecule has 0 aliphatic heterocycles. The summed E-state index contributed by atoms with van der Waals surface area (Å²) in [5.41, 5.74) is 0. The number of aliphatic hydroxyl groups excluding tert-OH is 1. The molecule has 0 aromatic heterocycles. The monoisotopic (exact) mass is 1370 g/mol. The number of hydrogen-bond acceptors (Lipinski definition) is 15. The average molecular weight is 1370 g/mol. The zero-order valence-electron chi connectivity index (χ0n) is 60.6. The fraction of sp³-hybridized carbons (Fsp3) is 0.946. The summed E-state index contributed by atoms with van der Waals surface area (Å²) in [4.78, 5) is 72.7. The molecule has 0 spiro atoms. The summed E-state index contributed by atoms with van der Waals surface area (Å²) in [5, 5.41) is 10.6. The maximum absolute atomic E-state index is 13.1. The van der Waals surface area contributed by atoms with Gasteiger partial charge in [-0.05, 0) is 37.5 Å². The van der Waals surface area contributed by atoms with Gasteiger partial charge in [0.2, 0.25) is 0 Å². The lowest BCUT2D eigenvalue weighted by Gasteiger charge is -2.21. The number of rotatable bonds is 73. The Morgan fingerprint density at radius 2 is 0.548 bits per heavy atom. The highest BCUT2D eigenvalue weighted by Crippen LogP contribution is 2.45. The summed E-state index contributed by atoms with van der Waals surface area (Å²) in [6, 6.07) is 0. The average Bonchev–Trinajstić information content (AvgIpc) is 1.74. The van der Waals surface area contributed by atoms with E-state index in [0.717, 1.165) is 102 Å². The first-order valence-electron chi connectivity index (χ1n) is 38.5. The Bertz CT molecular complexity index is 1810. The predicted molar refractivity (Wildman–Crippen MR) is 377 cm³/mol. The van der Waals surface area contributed by atoms with E-state index >= 15 is 0 Å². The number of aliphatic hydroxyl groups is 1. The van der Waals surface area contributed by atoms with Gasteiger partial charge in [-0.1, -0.05) is 330 Å². The third-order valence-corrected chi connectivity index (χ3v) is 19.5. The van der Waals surface area contributed by atoms with Gasteiger partial charge < -0.3 is 33.8 Å². The molecule has 0 aromatic carbocycles. The lowest BCUT2D eigenvalue weighted by molar-refractivity contribution is -0.161.